The number of rotatable bonds is 7. The lowest BCUT2D eigenvalue weighted by Gasteiger charge is -2.10. The van der Waals surface area contributed by atoms with Crippen molar-refractivity contribution in [2.75, 3.05) is 12.4 Å². The first kappa shape index (κ1) is 23.9. The van der Waals surface area contributed by atoms with Gasteiger partial charge in [0.2, 0.25) is 5.91 Å². The fraction of sp³-hybridized carbons (Fsp3) is 0.0833. The van der Waals surface area contributed by atoms with Crippen LogP contribution in [0.15, 0.2) is 59.7 Å². The van der Waals surface area contributed by atoms with E-state index in [0.717, 1.165) is 12.1 Å². The minimum absolute atomic E-state index is 0.0412. The monoisotopic (exact) mass is 464 g/mol. The van der Waals surface area contributed by atoms with Gasteiger partial charge in [-0.1, -0.05) is 6.07 Å². The molecule has 3 aromatic carbocycles. The molecule has 0 aromatic heterocycles. The highest BCUT2D eigenvalue weighted by Crippen LogP contribution is 2.22. The zero-order valence-electron chi connectivity index (χ0n) is 17.8. The molecule has 0 unspecified atom stereocenters. The van der Waals surface area contributed by atoms with Crippen molar-refractivity contribution in [1.82, 2.24) is 5.43 Å². The molecule has 34 heavy (non-hydrogen) atoms. The summed E-state index contributed by atoms with van der Waals surface area (Å²) in [5, 5.41) is 25.0. The third kappa shape index (κ3) is 5.92. The number of hydrogen-bond acceptors (Lipinski definition) is 6. The number of ether oxygens (including phenoxy) is 1. The number of anilines is 1. The molecule has 3 N–H and O–H groups in total. The summed E-state index contributed by atoms with van der Waals surface area (Å²) in [6.45, 7) is 0. The van der Waals surface area contributed by atoms with Crippen LogP contribution in [0.1, 0.15) is 27.0 Å². The molecular weight excluding hydrogens is 446 g/mol. The topological polar surface area (TPSA) is 124 Å². The zero-order valence-corrected chi connectivity index (χ0v) is 17.8. The Bertz CT molecular complexity index is 1320. The van der Waals surface area contributed by atoms with Crippen molar-refractivity contribution in [3.63, 3.8) is 0 Å². The average molecular weight is 464 g/mol. The number of hydrazone groups is 1. The summed E-state index contributed by atoms with van der Waals surface area (Å²) in [5.41, 5.74) is 3.61. The van der Waals surface area contributed by atoms with Crippen LogP contribution in [0.5, 0.6) is 11.5 Å². The molecule has 0 spiro atoms. The van der Waals surface area contributed by atoms with Crippen LogP contribution in [0, 0.1) is 23.0 Å². The van der Waals surface area contributed by atoms with E-state index in [4.69, 9.17) is 10.00 Å². The third-order valence-electron chi connectivity index (χ3n) is 4.61. The Kier molecular flexibility index (Phi) is 7.51. The fourth-order valence-corrected chi connectivity index (χ4v) is 2.93. The predicted octanol–water partition coefficient (Wildman–Crippen LogP) is 3.50. The highest BCUT2D eigenvalue weighted by molar-refractivity contribution is 5.96. The summed E-state index contributed by atoms with van der Waals surface area (Å²) in [7, 11) is 1.41. The van der Waals surface area contributed by atoms with Crippen molar-refractivity contribution < 1.29 is 28.2 Å². The number of halogens is 2. The van der Waals surface area contributed by atoms with E-state index < -0.39 is 23.4 Å². The predicted molar refractivity (Wildman–Crippen MR) is 120 cm³/mol. The maximum absolute atomic E-state index is 13.3. The Morgan fingerprint density at radius 1 is 1.12 bits per heavy atom. The molecular formula is C24H18F2N4O4. The van der Waals surface area contributed by atoms with Gasteiger partial charge in [0.1, 0.15) is 17.6 Å². The lowest BCUT2D eigenvalue weighted by molar-refractivity contribution is -0.115. The van der Waals surface area contributed by atoms with Gasteiger partial charge in [-0.2, -0.15) is 10.4 Å². The lowest BCUT2D eigenvalue weighted by Crippen LogP contribution is -2.17. The van der Waals surface area contributed by atoms with Gasteiger partial charge in [0.25, 0.3) is 5.91 Å². The van der Waals surface area contributed by atoms with Crippen LogP contribution in [0.2, 0.25) is 0 Å². The third-order valence-corrected chi connectivity index (χ3v) is 4.61. The first-order valence-electron chi connectivity index (χ1n) is 9.79. The summed E-state index contributed by atoms with van der Waals surface area (Å²) in [6.07, 6.45) is 1.18. The summed E-state index contributed by atoms with van der Waals surface area (Å²) in [5.74, 6) is -2.93. The van der Waals surface area contributed by atoms with E-state index in [1.807, 2.05) is 0 Å². The molecule has 3 aromatic rings. The van der Waals surface area contributed by atoms with Crippen LogP contribution in [-0.2, 0) is 11.2 Å². The van der Waals surface area contributed by atoms with Gasteiger partial charge in [-0.15, -0.1) is 0 Å². The second-order valence-corrected chi connectivity index (χ2v) is 6.97. The maximum atomic E-state index is 13.3. The number of nitrogens with zero attached hydrogens (tertiary/aromatic N) is 2. The van der Waals surface area contributed by atoms with Crippen molar-refractivity contribution in [2.45, 2.75) is 6.42 Å². The van der Waals surface area contributed by atoms with Crippen LogP contribution in [0.25, 0.3) is 0 Å². The van der Waals surface area contributed by atoms with Crippen LogP contribution >= 0.6 is 0 Å². The summed E-state index contributed by atoms with van der Waals surface area (Å²) in [4.78, 5) is 24.4. The van der Waals surface area contributed by atoms with E-state index >= 15 is 0 Å². The molecule has 0 bridgehead atoms. The number of hydrogen-bond donors (Lipinski definition) is 3. The molecule has 0 heterocycles. The number of amides is 2. The van der Waals surface area contributed by atoms with Gasteiger partial charge in [0, 0.05) is 22.9 Å². The molecule has 3 rings (SSSR count). The molecule has 0 atom stereocenters. The number of phenolic OH excluding ortho intramolecular Hbond substituents is 1. The number of nitriles is 1. The largest absolute Gasteiger partial charge is 0.507 e. The second-order valence-electron chi connectivity index (χ2n) is 6.97. The first-order chi connectivity index (χ1) is 16.3. The average Bonchev–Trinajstić information content (AvgIpc) is 2.82. The van der Waals surface area contributed by atoms with Crippen LogP contribution in [0.3, 0.4) is 0 Å². The van der Waals surface area contributed by atoms with Crippen LogP contribution in [-0.4, -0.2) is 30.2 Å². The van der Waals surface area contributed by atoms with Crippen LogP contribution < -0.4 is 15.5 Å². The van der Waals surface area contributed by atoms with Gasteiger partial charge in [-0.05, 0) is 48.0 Å². The van der Waals surface area contributed by atoms with Crippen molar-refractivity contribution in [3.8, 4) is 17.6 Å². The Labute approximate surface area is 193 Å². The van der Waals surface area contributed by atoms with Gasteiger partial charge in [-0.25, -0.2) is 14.2 Å². The Morgan fingerprint density at radius 3 is 2.62 bits per heavy atom. The van der Waals surface area contributed by atoms with Gasteiger partial charge in [-0.3, -0.25) is 9.59 Å². The number of aromatic hydroxyl groups is 1. The standard InChI is InChI=1S/C24H18F2N4O4/c1-34-22-11-18(29-23(32)9-14-2-6-19(25)20(26)8-14)5-3-16(22)13-28-30-24(33)15-4-7-21(31)17(10-15)12-27/h2-8,10-11,13,31H,9H2,1H3,(H,29,32)(H,30,33)/b28-13+. The molecule has 2 amide bonds. The molecule has 0 aliphatic carbocycles. The number of nitrogens with one attached hydrogen (secondary N) is 2. The Morgan fingerprint density at radius 2 is 1.91 bits per heavy atom. The number of methoxy groups -OCH3 is 1. The summed E-state index contributed by atoms with van der Waals surface area (Å²) in [6, 6.07) is 13.5. The van der Waals surface area contributed by atoms with E-state index in [0.29, 0.717) is 22.6 Å². The lowest BCUT2D eigenvalue weighted by atomic mass is 10.1. The van der Waals surface area contributed by atoms with E-state index in [1.54, 1.807) is 18.2 Å². The number of phenols is 1. The van der Waals surface area contributed by atoms with Gasteiger partial charge in [0.05, 0.1) is 25.3 Å². The van der Waals surface area contributed by atoms with Crippen molar-refractivity contribution in [2.24, 2.45) is 5.10 Å². The molecule has 10 heteroatoms. The highest BCUT2D eigenvalue weighted by Gasteiger charge is 2.11. The number of carbonyl (C=O) groups excluding carboxylic acids is 2. The molecule has 0 aliphatic heterocycles. The molecule has 0 saturated heterocycles. The minimum Gasteiger partial charge on any atom is -0.507 e. The SMILES string of the molecule is COc1cc(NC(=O)Cc2ccc(F)c(F)c2)ccc1/C=N/NC(=O)c1ccc(O)c(C#N)c1. The normalized spacial score (nSPS) is 10.5. The van der Waals surface area contributed by atoms with E-state index in [1.165, 1.54) is 43.7 Å². The van der Waals surface area contributed by atoms with E-state index in [-0.39, 0.29) is 23.3 Å². The van der Waals surface area contributed by atoms with E-state index in [9.17, 15) is 23.5 Å². The fourth-order valence-electron chi connectivity index (χ4n) is 2.93. The van der Waals surface area contributed by atoms with Gasteiger partial charge >= 0.3 is 0 Å². The zero-order chi connectivity index (χ0) is 24.7. The van der Waals surface area contributed by atoms with Gasteiger partial charge in [0.15, 0.2) is 11.6 Å². The quantitative estimate of drug-likeness (QED) is 0.365. The van der Waals surface area contributed by atoms with Gasteiger partial charge < -0.3 is 15.2 Å². The Balaban J connectivity index is 1.64. The number of carbonyl (C=O) groups is 2. The summed E-state index contributed by atoms with van der Waals surface area (Å²) >= 11 is 0. The Hall–Kier alpha value is -4.78. The first-order valence-corrected chi connectivity index (χ1v) is 9.79. The smallest absolute Gasteiger partial charge is 0.271 e. The van der Waals surface area contributed by atoms with E-state index in [2.05, 4.69) is 15.8 Å². The van der Waals surface area contributed by atoms with Crippen molar-refractivity contribution >= 4 is 23.7 Å². The second kappa shape index (κ2) is 10.7. The molecule has 0 fully saturated rings. The van der Waals surface area contributed by atoms with Crippen molar-refractivity contribution in [1.29, 1.82) is 5.26 Å². The molecule has 0 aliphatic rings. The molecule has 0 saturated carbocycles. The molecule has 172 valence electrons. The maximum Gasteiger partial charge on any atom is 0.271 e. The highest BCUT2D eigenvalue weighted by atomic mass is 19.2. The molecule has 0 radical (unpaired) electrons. The number of benzene rings is 3. The van der Waals surface area contributed by atoms with Crippen molar-refractivity contribution in [3.05, 3.63) is 88.5 Å². The summed E-state index contributed by atoms with van der Waals surface area (Å²) < 4.78 is 31.6. The van der Waals surface area contributed by atoms with Crippen LogP contribution in [0.4, 0.5) is 14.5 Å². The minimum atomic E-state index is -1.03. The molecule has 8 nitrogen and oxygen atoms in total.